The number of ether oxygens (including phenoxy) is 1. The van der Waals surface area contributed by atoms with Gasteiger partial charge in [0.1, 0.15) is 5.75 Å². The summed E-state index contributed by atoms with van der Waals surface area (Å²) in [5.41, 5.74) is 3.10. The number of nitrogens with zero attached hydrogens (tertiary/aromatic N) is 2. The molecule has 0 aromatic heterocycles. The first kappa shape index (κ1) is 16.8. The van der Waals surface area contributed by atoms with Crippen molar-refractivity contribution in [3.8, 4) is 5.75 Å². The molecule has 1 aliphatic heterocycles. The second-order valence-corrected chi connectivity index (χ2v) is 6.80. The van der Waals surface area contributed by atoms with E-state index in [1.165, 1.54) is 11.3 Å². The maximum Gasteiger partial charge on any atom is 0.254 e. The molecule has 0 atom stereocenters. The lowest BCUT2D eigenvalue weighted by Crippen LogP contribution is -2.48. The van der Waals surface area contributed by atoms with Crippen LogP contribution in [0.5, 0.6) is 5.75 Å². The number of halogens is 1. The van der Waals surface area contributed by atoms with Gasteiger partial charge in [-0.3, -0.25) is 4.79 Å². The van der Waals surface area contributed by atoms with E-state index in [1.54, 1.807) is 13.2 Å². The smallest absolute Gasteiger partial charge is 0.254 e. The Morgan fingerprint density at radius 2 is 1.83 bits per heavy atom. The minimum absolute atomic E-state index is 0.0682. The van der Waals surface area contributed by atoms with Gasteiger partial charge in [-0.15, -0.1) is 0 Å². The second-order valence-electron chi connectivity index (χ2n) is 5.94. The molecule has 4 nitrogen and oxygen atoms in total. The minimum Gasteiger partial charge on any atom is -0.497 e. The van der Waals surface area contributed by atoms with Gasteiger partial charge in [0.2, 0.25) is 0 Å². The summed E-state index contributed by atoms with van der Waals surface area (Å²) in [6.45, 7) is 5.21. The molecule has 0 saturated carbocycles. The molecule has 126 valence electrons. The first-order chi connectivity index (χ1) is 11.6. The predicted molar refractivity (Wildman–Crippen MR) is 100.0 cm³/mol. The molecule has 0 radical (unpaired) electrons. The van der Waals surface area contributed by atoms with E-state index in [9.17, 15) is 4.79 Å². The van der Waals surface area contributed by atoms with Crippen LogP contribution < -0.4 is 9.64 Å². The number of anilines is 1. The number of carbonyl (C=O) groups excluding carboxylic acids is 1. The van der Waals surface area contributed by atoms with Gasteiger partial charge in [-0.25, -0.2) is 0 Å². The first-order valence-electron chi connectivity index (χ1n) is 8.03. The molecule has 0 unspecified atom stereocenters. The van der Waals surface area contributed by atoms with Crippen LogP contribution in [-0.2, 0) is 0 Å². The molecular formula is C19H21BrN2O2. The molecule has 2 aromatic rings. The van der Waals surface area contributed by atoms with E-state index >= 15 is 0 Å². The summed E-state index contributed by atoms with van der Waals surface area (Å²) in [5, 5.41) is 0. The van der Waals surface area contributed by atoms with Crippen molar-refractivity contribution in [2.75, 3.05) is 38.2 Å². The third kappa shape index (κ3) is 3.56. The topological polar surface area (TPSA) is 32.8 Å². The van der Waals surface area contributed by atoms with Crippen LogP contribution in [0.2, 0.25) is 0 Å². The molecule has 24 heavy (non-hydrogen) atoms. The third-order valence-corrected chi connectivity index (χ3v) is 5.26. The Bertz CT molecular complexity index is 740. The standard InChI is InChI=1S/C19H21BrN2O2/c1-14-6-7-16(13-18(14)20)21-8-10-22(11-9-21)19(23)15-4-3-5-17(12-15)24-2/h3-7,12-13H,8-11H2,1-2H3. The lowest BCUT2D eigenvalue weighted by molar-refractivity contribution is 0.0746. The van der Waals surface area contributed by atoms with Crippen molar-refractivity contribution in [3.05, 3.63) is 58.1 Å². The number of methoxy groups -OCH3 is 1. The largest absolute Gasteiger partial charge is 0.497 e. The summed E-state index contributed by atoms with van der Waals surface area (Å²) < 4.78 is 6.32. The fourth-order valence-corrected chi connectivity index (χ4v) is 3.25. The van der Waals surface area contributed by atoms with E-state index < -0.39 is 0 Å². The molecule has 5 heteroatoms. The average Bonchev–Trinajstić information content (AvgIpc) is 2.63. The number of benzene rings is 2. The number of amides is 1. The highest BCUT2D eigenvalue weighted by atomic mass is 79.9. The zero-order valence-electron chi connectivity index (χ0n) is 14.0. The van der Waals surface area contributed by atoms with Gasteiger partial charge in [0.15, 0.2) is 0 Å². The number of aryl methyl sites for hydroxylation is 1. The van der Waals surface area contributed by atoms with Crippen molar-refractivity contribution in [2.24, 2.45) is 0 Å². The molecule has 0 spiro atoms. The van der Waals surface area contributed by atoms with Gasteiger partial charge in [-0.05, 0) is 42.8 Å². The summed E-state index contributed by atoms with van der Waals surface area (Å²) in [5.74, 6) is 0.780. The Morgan fingerprint density at radius 1 is 1.08 bits per heavy atom. The van der Waals surface area contributed by atoms with E-state index in [1.807, 2.05) is 23.1 Å². The van der Waals surface area contributed by atoms with Crippen molar-refractivity contribution in [1.82, 2.24) is 4.90 Å². The molecule has 0 aliphatic carbocycles. The maximum atomic E-state index is 12.7. The molecule has 1 fully saturated rings. The van der Waals surface area contributed by atoms with Gasteiger partial charge in [0.25, 0.3) is 5.91 Å². The van der Waals surface area contributed by atoms with Gasteiger partial charge in [-0.1, -0.05) is 28.1 Å². The van der Waals surface area contributed by atoms with Gasteiger partial charge in [-0.2, -0.15) is 0 Å². The van der Waals surface area contributed by atoms with Crippen molar-refractivity contribution < 1.29 is 9.53 Å². The van der Waals surface area contributed by atoms with E-state index in [0.717, 1.165) is 30.7 Å². The van der Waals surface area contributed by atoms with E-state index in [4.69, 9.17) is 4.74 Å². The number of hydrogen-bond acceptors (Lipinski definition) is 3. The Kier molecular flexibility index (Phi) is 5.09. The van der Waals surface area contributed by atoms with Crippen LogP contribution in [-0.4, -0.2) is 44.1 Å². The van der Waals surface area contributed by atoms with Crippen LogP contribution in [0, 0.1) is 6.92 Å². The van der Waals surface area contributed by atoms with Gasteiger partial charge < -0.3 is 14.5 Å². The lowest BCUT2D eigenvalue weighted by Gasteiger charge is -2.36. The predicted octanol–water partition coefficient (Wildman–Crippen LogP) is 3.73. The average molecular weight is 389 g/mol. The van der Waals surface area contributed by atoms with Gasteiger partial charge in [0, 0.05) is 41.9 Å². The Morgan fingerprint density at radius 3 is 2.50 bits per heavy atom. The van der Waals surface area contributed by atoms with Crippen LogP contribution in [0.25, 0.3) is 0 Å². The van der Waals surface area contributed by atoms with Crippen molar-refractivity contribution in [2.45, 2.75) is 6.92 Å². The molecule has 1 saturated heterocycles. The first-order valence-corrected chi connectivity index (χ1v) is 8.82. The highest BCUT2D eigenvalue weighted by molar-refractivity contribution is 9.10. The summed E-state index contributed by atoms with van der Waals surface area (Å²) in [6.07, 6.45) is 0. The monoisotopic (exact) mass is 388 g/mol. The lowest BCUT2D eigenvalue weighted by atomic mass is 10.1. The number of rotatable bonds is 3. The van der Waals surface area contributed by atoms with Crippen LogP contribution in [0.4, 0.5) is 5.69 Å². The zero-order valence-corrected chi connectivity index (χ0v) is 15.5. The molecule has 2 aromatic carbocycles. The Balaban J connectivity index is 1.65. The fourth-order valence-electron chi connectivity index (χ4n) is 2.88. The summed E-state index contributed by atoms with van der Waals surface area (Å²) in [4.78, 5) is 16.9. The highest BCUT2D eigenvalue weighted by Crippen LogP contribution is 2.25. The Labute approximate surface area is 151 Å². The maximum absolute atomic E-state index is 12.7. The Hall–Kier alpha value is -2.01. The number of hydrogen-bond donors (Lipinski definition) is 0. The molecule has 1 aliphatic rings. The van der Waals surface area contributed by atoms with Crippen LogP contribution in [0.3, 0.4) is 0 Å². The number of carbonyl (C=O) groups is 1. The van der Waals surface area contributed by atoms with E-state index in [0.29, 0.717) is 11.3 Å². The molecule has 3 rings (SSSR count). The van der Waals surface area contributed by atoms with E-state index in [2.05, 4.69) is 46.0 Å². The SMILES string of the molecule is COc1cccc(C(=O)N2CCN(c3ccc(C)c(Br)c3)CC2)c1. The van der Waals surface area contributed by atoms with Gasteiger partial charge >= 0.3 is 0 Å². The quantitative estimate of drug-likeness (QED) is 0.802. The van der Waals surface area contributed by atoms with Crippen LogP contribution in [0.1, 0.15) is 15.9 Å². The molecule has 0 bridgehead atoms. The van der Waals surface area contributed by atoms with Crippen molar-refractivity contribution in [3.63, 3.8) is 0 Å². The fraction of sp³-hybridized carbons (Fsp3) is 0.316. The highest BCUT2D eigenvalue weighted by Gasteiger charge is 2.22. The molecular weight excluding hydrogens is 368 g/mol. The zero-order chi connectivity index (χ0) is 17.1. The summed E-state index contributed by atoms with van der Waals surface area (Å²) in [7, 11) is 1.61. The number of piperazine rings is 1. The van der Waals surface area contributed by atoms with Crippen LogP contribution >= 0.6 is 15.9 Å². The molecule has 0 N–H and O–H groups in total. The van der Waals surface area contributed by atoms with Crippen molar-refractivity contribution in [1.29, 1.82) is 0 Å². The summed E-state index contributed by atoms with van der Waals surface area (Å²) >= 11 is 3.59. The molecule has 1 amide bonds. The van der Waals surface area contributed by atoms with Crippen LogP contribution in [0.15, 0.2) is 46.9 Å². The minimum atomic E-state index is 0.0682. The molecule has 1 heterocycles. The van der Waals surface area contributed by atoms with E-state index in [-0.39, 0.29) is 5.91 Å². The van der Waals surface area contributed by atoms with Crippen molar-refractivity contribution >= 4 is 27.5 Å². The van der Waals surface area contributed by atoms with Gasteiger partial charge in [0.05, 0.1) is 7.11 Å². The third-order valence-electron chi connectivity index (χ3n) is 4.40. The second kappa shape index (κ2) is 7.26. The summed E-state index contributed by atoms with van der Waals surface area (Å²) in [6, 6.07) is 13.7. The normalized spacial score (nSPS) is 14.6.